The highest BCUT2D eigenvalue weighted by Crippen LogP contribution is 2.29. The fourth-order valence-electron chi connectivity index (χ4n) is 2.96. The molecule has 0 fully saturated rings. The van der Waals surface area contributed by atoms with Crippen molar-refractivity contribution < 1.29 is 18.7 Å². The summed E-state index contributed by atoms with van der Waals surface area (Å²) in [6, 6.07) is 16.5. The molecule has 2 aromatic carbocycles. The predicted molar refractivity (Wildman–Crippen MR) is 101 cm³/mol. The number of carbonyl (C=O) groups excluding carboxylic acids is 1. The minimum absolute atomic E-state index is 0.0559. The number of ether oxygens (including phenoxy) is 2. The Hall–Kier alpha value is -3.28. The van der Waals surface area contributed by atoms with Crippen LogP contribution < -0.4 is 10.5 Å². The lowest BCUT2D eigenvalue weighted by atomic mass is 10.1. The molecule has 0 aliphatic rings. The maximum Gasteiger partial charge on any atom is 0.420 e. The van der Waals surface area contributed by atoms with Crippen LogP contribution >= 0.6 is 0 Å². The van der Waals surface area contributed by atoms with Crippen LogP contribution in [0.3, 0.4) is 0 Å². The SMILES string of the molecule is COc1ccc(-c2oc(=O)n([C@@H](C)c3ccccc3)c2COC(C)=O)cc1. The van der Waals surface area contributed by atoms with Crippen LogP contribution in [0, 0.1) is 0 Å². The van der Waals surface area contributed by atoms with E-state index in [4.69, 9.17) is 13.9 Å². The Morgan fingerprint density at radius 1 is 1.11 bits per heavy atom. The fraction of sp³-hybridized carbons (Fsp3) is 0.238. The third kappa shape index (κ3) is 3.95. The Labute approximate surface area is 157 Å². The number of hydrogen-bond acceptors (Lipinski definition) is 5. The molecular weight excluding hydrogens is 346 g/mol. The summed E-state index contributed by atoms with van der Waals surface area (Å²) in [5.41, 5.74) is 2.16. The summed E-state index contributed by atoms with van der Waals surface area (Å²) in [7, 11) is 1.58. The lowest BCUT2D eigenvalue weighted by Gasteiger charge is -2.16. The van der Waals surface area contributed by atoms with Gasteiger partial charge in [-0.25, -0.2) is 4.79 Å². The topological polar surface area (TPSA) is 70.7 Å². The van der Waals surface area contributed by atoms with Crippen LogP contribution in [-0.2, 0) is 16.1 Å². The zero-order chi connectivity index (χ0) is 19.4. The van der Waals surface area contributed by atoms with Gasteiger partial charge < -0.3 is 13.9 Å². The van der Waals surface area contributed by atoms with Gasteiger partial charge in [0.25, 0.3) is 0 Å². The van der Waals surface area contributed by atoms with Gasteiger partial charge in [-0.05, 0) is 36.8 Å². The van der Waals surface area contributed by atoms with E-state index in [2.05, 4.69) is 0 Å². The maximum atomic E-state index is 12.6. The molecule has 1 heterocycles. The van der Waals surface area contributed by atoms with E-state index in [9.17, 15) is 9.59 Å². The Balaban J connectivity index is 2.10. The molecule has 1 atom stereocenters. The first-order chi connectivity index (χ1) is 13.0. The van der Waals surface area contributed by atoms with Gasteiger partial charge in [0.15, 0.2) is 5.76 Å². The number of aromatic nitrogens is 1. The summed E-state index contributed by atoms with van der Waals surface area (Å²) >= 11 is 0. The number of hydrogen-bond donors (Lipinski definition) is 0. The molecule has 0 amide bonds. The third-order valence-electron chi connectivity index (χ3n) is 4.37. The highest BCUT2D eigenvalue weighted by atomic mass is 16.5. The summed E-state index contributed by atoms with van der Waals surface area (Å²) in [5, 5.41) is 0. The first-order valence-electron chi connectivity index (χ1n) is 8.58. The Bertz CT molecular complexity index is 970. The molecule has 0 saturated carbocycles. The van der Waals surface area contributed by atoms with E-state index >= 15 is 0 Å². The summed E-state index contributed by atoms with van der Waals surface area (Å²) < 4.78 is 17.4. The van der Waals surface area contributed by atoms with Crippen LogP contribution in [0.5, 0.6) is 5.75 Å². The largest absolute Gasteiger partial charge is 0.497 e. The second kappa shape index (κ2) is 7.95. The smallest absolute Gasteiger partial charge is 0.420 e. The molecule has 1 aromatic heterocycles. The average molecular weight is 367 g/mol. The monoisotopic (exact) mass is 367 g/mol. The molecule has 0 radical (unpaired) electrons. The lowest BCUT2D eigenvalue weighted by molar-refractivity contribution is -0.142. The van der Waals surface area contributed by atoms with Crippen molar-refractivity contribution in [1.82, 2.24) is 4.57 Å². The molecule has 0 spiro atoms. The highest BCUT2D eigenvalue weighted by Gasteiger charge is 2.23. The number of esters is 1. The minimum Gasteiger partial charge on any atom is -0.497 e. The average Bonchev–Trinajstić information content (AvgIpc) is 3.02. The van der Waals surface area contributed by atoms with E-state index in [1.807, 2.05) is 37.3 Å². The second-order valence-electron chi connectivity index (χ2n) is 6.11. The Morgan fingerprint density at radius 3 is 2.37 bits per heavy atom. The van der Waals surface area contributed by atoms with E-state index in [-0.39, 0.29) is 12.6 Å². The first kappa shape index (κ1) is 18.5. The standard InChI is InChI=1S/C21H21NO5/c1-14(16-7-5-4-6-8-16)22-19(13-26-15(2)23)20(27-21(22)24)17-9-11-18(25-3)12-10-17/h4-12,14H,13H2,1-3H3/t14-/m0/s1. The van der Waals surface area contributed by atoms with E-state index in [1.54, 1.807) is 31.4 Å². The molecule has 6 heteroatoms. The number of nitrogens with zero attached hydrogens (tertiary/aromatic N) is 1. The zero-order valence-corrected chi connectivity index (χ0v) is 15.5. The zero-order valence-electron chi connectivity index (χ0n) is 15.5. The number of oxazole rings is 1. The van der Waals surface area contributed by atoms with Crippen LogP contribution in [0.25, 0.3) is 11.3 Å². The van der Waals surface area contributed by atoms with Gasteiger partial charge in [-0.1, -0.05) is 30.3 Å². The number of rotatable bonds is 6. The molecule has 0 bridgehead atoms. The molecule has 0 aliphatic heterocycles. The van der Waals surface area contributed by atoms with Crippen LogP contribution in [0.15, 0.2) is 63.8 Å². The molecular formula is C21H21NO5. The number of benzene rings is 2. The van der Waals surface area contributed by atoms with Crippen molar-refractivity contribution in [2.24, 2.45) is 0 Å². The van der Waals surface area contributed by atoms with Gasteiger partial charge >= 0.3 is 11.7 Å². The molecule has 0 saturated heterocycles. The molecule has 140 valence electrons. The van der Waals surface area contributed by atoms with Gasteiger partial charge in [0.1, 0.15) is 18.1 Å². The molecule has 6 nitrogen and oxygen atoms in total. The van der Waals surface area contributed by atoms with Crippen LogP contribution in [0.4, 0.5) is 0 Å². The summed E-state index contributed by atoms with van der Waals surface area (Å²) in [5.74, 6) is 0.147. The van der Waals surface area contributed by atoms with Crippen molar-refractivity contribution in [2.45, 2.75) is 26.5 Å². The van der Waals surface area contributed by atoms with Gasteiger partial charge in [0.05, 0.1) is 13.2 Å². The molecule has 0 N–H and O–H groups in total. The van der Waals surface area contributed by atoms with Crippen molar-refractivity contribution in [3.05, 3.63) is 76.4 Å². The second-order valence-corrected chi connectivity index (χ2v) is 6.11. The molecule has 3 aromatic rings. The minimum atomic E-state index is -0.501. The third-order valence-corrected chi connectivity index (χ3v) is 4.37. The highest BCUT2D eigenvalue weighted by molar-refractivity contribution is 5.66. The van der Waals surface area contributed by atoms with Gasteiger partial charge in [-0.2, -0.15) is 0 Å². The first-order valence-corrected chi connectivity index (χ1v) is 8.58. The summed E-state index contributed by atoms with van der Waals surface area (Å²) in [4.78, 5) is 24.0. The van der Waals surface area contributed by atoms with E-state index < -0.39 is 11.7 Å². The van der Waals surface area contributed by atoms with Gasteiger partial charge in [0.2, 0.25) is 0 Å². The quantitative estimate of drug-likeness (QED) is 0.620. The van der Waals surface area contributed by atoms with Crippen molar-refractivity contribution in [3.63, 3.8) is 0 Å². The molecule has 3 rings (SSSR count). The molecule has 27 heavy (non-hydrogen) atoms. The van der Waals surface area contributed by atoms with Crippen LogP contribution in [0.1, 0.15) is 31.1 Å². The van der Waals surface area contributed by atoms with Crippen molar-refractivity contribution >= 4 is 5.97 Å². The molecule has 0 aliphatic carbocycles. The van der Waals surface area contributed by atoms with Crippen molar-refractivity contribution in [1.29, 1.82) is 0 Å². The van der Waals surface area contributed by atoms with Gasteiger partial charge in [-0.3, -0.25) is 9.36 Å². The van der Waals surface area contributed by atoms with E-state index in [0.29, 0.717) is 22.8 Å². The summed E-state index contributed by atoms with van der Waals surface area (Å²) in [6.07, 6.45) is 0. The van der Waals surface area contributed by atoms with Crippen molar-refractivity contribution in [2.75, 3.05) is 7.11 Å². The Morgan fingerprint density at radius 2 is 1.78 bits per heavy atom. The number of carbonyl (C=O) groups is 1. The van der Waals surface area contributed by atoms with Crippen molar-refractivity contribution in [3.8, 4) is 17.1 Å². The maximum absolute atomic E-state index is 12.6. The normalized spacial score (nSPS) is 11.8. The predicted octanol–water partition coefficient (Wildman–Crippen LogP) is 3.79. The van der Waals surface area contributed by atoms with Crippen LogP contribution in [0.2, 0.25) is 0 Å². The summed E-state index contributed by atoms with van der Waals surface area (Å²) in [6.45, 7) is 3.18. The fourth-order valence-corrected chi connectivity index (χ4v) is 2.96. The van der Waals surface area contributed by atoms with E-state index in [1.165, 1.54) is 11.5 Å². The van der Waals surface area contributed by atoms with E-state index in [0.717, 1.165) is 5.56 Å². The van der Waals surface area contributed by atoms with Gasteiger partial charge in [-0.15, -0.1) is 0 Å². The van der Waals surface area contributed by atoms with Gasteiger partial charge in [0, 0.05) is 12.5 Å². The van der Waals surface area contributed by atoms with Crippen LogP contribution in [-0.4, -0.2) is 17.6 Å². The molecule has 0 unspecified atom stereocenters. The Kier molecular flexibility index (Phi) is 5.45. The lowest BCUT2D eigenvalue weighted by Crippen LogP contribution is -2.22. The number of methoxy groups -OCH3 is 1.